The maximum Gasteiger partial charge on any atom is 0.135 e. The van der Waals surface area contributed by atoms with Gasteiger partial charge in [-0.25, -0.2) is 9.97 Å². The van der Waals surface area contributed by atoms with Crippen LogP contribution in [0.1, 0.15) is 30.7 Å². The van der Waals surface area contributed by atoms with Gasteiger partial charge in [-0.15, -0.1) is 0 Å². The Morgan fingerprint density at radius 3 is 2.81 bits per heavy atom. The summed E-state index contributed by atoms with van der Waals surface area (Å²) in [5.41, 5.74) is 1.23. The van der Waals surface area contributed by atoms with Gasteiger partial charge in [-0.05, 0) is 30.9 Å². The van der Waals surface area contributed by atoms with Gasteiger partial charge in [0.15, 0.2) is 0 Å². The normalized spacial score (nSPS) is 21.4. The minimum Gasteiger partial charge on any atom is -0.381 e. The summed E-state index contributed by atoms with van der Waals surface area (Å²) < 4.78 is 5.41. The summed E-state index contributed by atoms with van der Waals surface area (Å²) in [4.78, 5) is 8.98. The molecule has 1 fully saturated rings. The molecule has 0 aliphatic heterocycles. The molecule has 4 heteroatoms. The van der Waals surface area contributed by atoms with Gasteiger partial charge < -0.3 is 10.1 Å². The lowest BCUT2D eigenvalue weighted by molar-refractivity contribution is 0.108. The van der Waals surface area contributed by atoms with Gasteiger partial charge in [-0.1, -0.05) is 30.3 Å². The first kappa shape index (κ1) is 14.0. The van der Waals surface area contributed by atoms with E-state index >= 15 is 0 Å². The molecule has 2 unspecified atom stereocenters. The van der Waals surface area contributed by atoms with E-state index in [0.717, 1.165) is 37.3 Å². The molecule has 21 heavy (non-hydrogen) atoms. The Labute approximate surface area is 125 Å². The largest absolute Gasteiger partial charge is 0.381 e. The third-order valence-electron chi connectivity index (χ3n) is 3.98. The van der Waals surface area contributed by atoms with E-state index in [1.807, 2.05) is 30.5 Å². The maximum absolute atomic E-state index is 5.41. The zero-order chi connectivity index (χ0) is 14.5. The minimum atomic E-state index is 0.383. The SMILES string of the molecule is COC1CCC(Nc2ccnc(Cc3ccccc3)n2)C1. The smallest absolute Gasteiger partial charge is 0.135 e. The molecule has 1 heterocycles. The van der Waals surface area contributed by atoms with E-state index in [1.165, 1.54) is 5.56 Å². The van der Waals surface area contributed by atoms with Gasteiger partial charge >= 0.3 is 0 Å². The Bertz CT molecular complexity index is 573. The van der Waals surface area contributed by atoms with Gasteiger partial charge in [0.2, 0.25) is 0 Å². The molecular weight excluding hydrogens is 262 g/mol. The Hall–Kier alpha value is -1.94. The number of nitrogens with zero attached hydrogens (tertiary/aromatic N) is 2. The monoisotopic (exact) mass is 283 g/mol. The van der Waals surface area contributed by atoms with Gasteiger partial charge in [0, 0.05) is 25.8 Å². The van der Waals surface area contributed by atoms with Crippen molar-refractivity contribution in [3.8, 4) is 0 Å². The molecule has 2 atom stereocenters. The average Bonchev–Trinajstić information content (AvgIpc) is 2.96. The van der Waals surface area contributed by atoms with Crippen molar-refractivity contribution in [1.82, 2.24) is 9.97 Å². The van der Waals surface area contributed by atoms with Crippen LogP contribution < -0.4 is 5.32 Å². The molecule has 1 aliphatic carbocycles. The van der Waals surface area contributed by atoms with Gasteiger partial charge in [0.1, 0.15) is 11.6 Å². The number of rotatable bonds is 5. The highest BCUT2D eigenvalue weighted by molar-refractivity contribution is 5.35. The van der Waals surface area contributed by atoms with E-state index in [4.69, 9.17) is 4.74 Å². The molecular formula is C17H21N3O. The lowest BCUT2D eigenvalue weighted by Crippen LogP contribution is -2.18. The van der Waals surface area contributed by atoms with Gasteiger partial charge in [0.25, 0.3) is 0 Å². The number of hydrogen-bond acceptors (Lipinski definition) is 4. The standard InChI is InChI=1S/C17H21N3O/c1-21-15-8-7-14(12-15)19-16-9-10-18-17(20-16)11-13-5-3-2-4-6-13/h2-6,9-10,14-15H,7-8,11-12H2,1H3,(H,18,19,20). The molecule has 1 aliphatic rings. The Morgan fingerprint density at radius 2 is 2.05 bits per heavy atom. The summed E-state index contributed by atoms with van der Waals surface area (Å²) in [5, 5.41) is 3.50. The summed E-state index contributed by atoms with van der Waals surface area (Å²) >= 11 is 0. The first-order valence-electron chi connectivity index (χ1n) is 7.48. The summed E-state index contributed by atoms with van der Waals surface area (Å²) in [5.74, 6) is 1.77. The number of methoxy groups -OCH3 is 1. The highest BCUT2D eigenvalue weighted by atomic mass is 16.5. The van der Waals surface area contributed by atoms with E-state index in [9.17, 15) is 0 Å². The van der Waals surface area contributed by atoms with Crippen molar-refractivity contribution in [2.24, 2.45) is 0 Å². The van der Waals surface area contributed by atoms with Crippen molar-refractivity contribution in [3.63, 3.8) is 0 Å². The van der Waals surface area contributed by atoms with Crippen LogP contribution in [0.25, 0.3) is 0 Å². The first-order valence-corrected chi connectivity index (χ1v) is 7.48. The van der Waals surface area contributed by atoms with Crippen LogP contribution in [0.5, 0.6) is 0 Å². The molecule has 1 N–H and O–H groups in total. The van der Waals surface area contributed by atoms with Crippen LogP contribution in [0.4, 0.5) is 5.82 Å². The van der Waals surface area contributed by atoms with Crippen LogP contribution >= 0.6 is 0 Å². The highest BCUT2D eigenvalue weighted by Crippen LogP contribution is 2.24. The molecule has 110 valence electrons. The lowest BCUT2D eigenvalue weighted by atomic mass is 10.1. The Balaban J connectivity index is 1.63. The van der Waals surface area contributed by atoms with Crippen molar-refractivity contribution in [3.05, 3.63) is 54.0 Å². The van der Waals surface area contributed by atoms with E-state index in [0.29, 0.717) is 12.1 Å². The van der Waals surface area contributed by atoms with Crippen molar-refractivity contribution in [1.29, 1.82) is 0 Å². The van der Waals surface area contributed by atoms with Crippen LogP contribution in [-0.2, 0) is 11.2 Å². The molecule has 0 amide bonds. The third kappa shape index (κ3) is 3.79. The summed E-state index contributed by atoms with van der Waals surface area (Å²) in [6.45, 7) is 0. The fourth-order valence-corrected chi connectivity index (χ4v) is 2.84. The first-order chi connectivity index (χ1) is 10.3. The van der Waals surface area contributed by atoms with Gasteiger partial charge in [0.05, 0.1) is 6.10 Å². The van der Waals surface area contributed by atoms with Crippen LogP contribution in [0.15, 0.2) is 42.6 Å². The quantitative estimate of drug-likeness (QED) is 0.916. The van der Waals surface area contributed by atoms with Crippen LogP contribution in [0.3, 0.4) is 0 Å². The number of ether oxygens (including phenoxy) is 1. The van der Waals surface area contributed by atoms with Crippen LogP contribution in [-0.4, -0.2) is 29.2 Å². The molecule has 3 rings (SSSR count). The Kier molecular flexibility index (Phi) is 4.46. The molecule has 1 saturated carbocycles. The number of hydrogen-bond donors (Lipinski definition) is 1. The molecule has 1 aromatic carbocycles. The van der Waals surface area contributed by atoms with Crippen molar-refractivity contribution < 1.29 is 4.74 Å². The average molecular weight is 283 g/mol. The molecule has 0 bridgehead atoms. The number of benzene rings is 1. The highest BCUT2D eigenvalue weighted by Gasteiger charge is 2.24. The second kappa shape index (κ2) is 6.68. The zero-order valence-electron chi connectivity index (χ0n) is 12.3. The molecule has 0 spiro atoms. The van der Waals surface area contributed by atoms with E-state index in [2.05, 4.69) is 27.4 Å². The maximum atomic E-state index is 5.41. The van der Waals surface area contributed by atoms with Crippen molar-refractivity contribution in [2.75, 3.05) is 12.4 Å². The van der Waals surface area contributed by atoms with E-state index in [-0.39, 0.29) is 0 Å². The van der Waals surface area contributed by atoms with E-state index in [1.54, 1.807) is 7.11 Å². The predicted octanol–water partition coefficient (Wildman–Crippen LogP) is 3.05. The minimum absolute atomic E-state index is 0.383. The van der Waals surface area contributed by atoms with Crippen LogP contribution in [0.2, 0.25) is 0 Å². The number of nitrogens with one attached hydrogen (secondary N) is 1. The van der Waals surface area contributed by atoms with Gasteiger partial charge in [-0.2, -0.15) is 0 Å². The second-order valence-corrected chi connectivity index (χ2v) is 5.53. The van der Waals surface area contributed by atoms with Crippen LogP contribution in [0, 0.1) is 0 Å². The summed E-state index contributed by atoms with van der Waals surface area (Å²) in [6, 6.07) is 12.7. The molecule has 0 radical (unpaired) electrons. The predicted molar refractivity (Wildman–Crippen MR) is 83.3 cm³/mol. The molecule has 2 aromatic rings. The molecule has 0 saturated heterocycles. The van der Waals surface area contributed by atoms with Crippen molar-refractivity contribution in [2.45, 2.75) is 37.8 Å². The fourth-order valence-electron chi connectivity index (χ4n) is 2.84. The molecule has 1 aromatic heterocycles. The van der Waals surface area contributed by atoms with Gasteiger partial charge in [-0.3, -0.25) is 0 Å². The summed E-state index contributed by atoms with van der Waals surface area (Å²) in [7, 11) is 1.79. The Morgan fingerprint density at radius 1 is 1.19 bits per heavy atom. The number of anilines is 1. The fraction of sp³-hybridized carbons (Fsp3) is 0.412. The molecule has 4 nitrogen and oxygen atoms in total. The third-order valence-corrected chi connectivity index (χ3v) is 3.98. The summed E-state index contributed by atoms with van der Waals surface area (Å²) in [6.07, 6.45) is 6.28. The van der Waals surface area contributed by atoms with Crippen molar-refractivity contribution >= 4 is 5.82 Å². The second-order valence-electron chi connectivity index (χ2n) is 5.53. The number of aromatic nitrogens is 2. The zero-order valence-corrected chi connectivity index (χ0v) is 12.3. The lowest BCUT2D eigenvalue weighted by Gasteiger charge is -2.14. The van der Waals surface area contributed by atoms with E-state index < -0.39 is 0 Å². The topological polar surface area (TPSA) is 47.0 Å².